The van der Waals surface area contributed by atoms with Crippen LogP contribution >= 0.6 is 0 Å². The monoisotopic (exact) mass is 280 g/mol. The summed E-state index contributed by atoms with van der Waals surface area (Å²) < 4.78 is 22.9. The van der Waals surface area contributed by atoms with Gasteiger partial charge in [0, 0.05) is 23.7 Å². The molecule has 0 aliphatic carbocycles. The standard InChI is InChI=1S/C11H12N4O3S/c1-19(17,18)10-3-7(2-8(12)4-10)11(16)15-9-5-13-14-6-9/h2-6H,12H2,1H3,(H,13,14)(H,15,16). The van der Waals surface area contributed by atoms with Crippen LogP contribution in [-0.4, -0.2) is 30.8 Å². The molecule has 0 spiro atoms. The van der Waals surface area contributed by atoms with Crippen molar-refractivity contribution in [1.29, 1.82) is 0 Å². The van der Waals surface area contributed by atoms with Gasteiger partial charge in [0.05, 0.1) is 16.8 Å². The second kappa shape index (κ2) is 4.73. The van der Waals surface area contributed by atoms with E-state index < -0.39 is 15.7 Å². The number of nitrogen functional groups attached to an aromatic ring is 1. The smallest absolute Gasteiger partial charge is 0.255 e. The van der Waals surface area contributed by atoms with E-state index in [2.05, 4.69) is 15.5 Å². The topological polar surface area (TPSA) is 118 Å². The first-order valence-corrected chi connectivity index (χ1v) is 7.16. The van der Waals surface area contributed by atoms with E-state index in [1.807, 2.05) is 0 Å². The zero-order valence-electron chi connectivity index (χ0n) is 10.0. The third-order valence-corrected chi connectivity index (χ3v) is 3.47. The lowest BCUT2D eigenvalue weighted by molar-refractivity contribution is 0.102. The fraction of sp³-hybridized carbons (Fsp3) is 0.0909. The molecule has 100 valence electrons. The molecular weight excluding hydrogens is 268 g/mol. The molecule has 4 N–H and O–H groups in total. The minimum absolute atomic E-state index is 0.00448. The van der Waals surface area contributed by atoms with Gasteiger partial charge in [-0.2, -0.15) is 5.10 Å². The van der Waals surface area contributed by atoms with Gasteiger partial charge in [0.2, 0.25) is 0 Å². The zero-order chi connectivity index (χ0) is 14.0. The molecule has 0 unspecified atom stereocenters. The van der Waals surface area contributed by atoms with Crippen molar-refractivity contribution in [3.8, 4) is 0 Å². The maximum Gasteiger partial charge on any atom is 0.255 e. The molecule has 0 aliphatic heterocycles. The number of H-pyrrole nitrogens is 1. The van der Waals surface area contributed by atoms with Crippen LogP contribution in [0.4, 0.5) is 11.4 Å². The summed E-state index contributed by atoms with van der Waals surface area (Å²) in [5.74, 6) is -0.460. The molecule has 1 heterocycles. The van der Waals surface area contributed by atoms with E-state index in [0.29, 0.717) is 5.69 Å². The number of hydrogen-bond donors (Lipinski definition) is 3. The number of nitrogens with zero attached hydrogens (tertiary/aromatic N) is 1. The maximum absolute atomic E-state index is 11.9. The number of anilines is 2. The van der Waals surface area contributed by atoms with Crippen molar-refractivity contribution in [1.82, 2.24) is 10.2 Å². The number of carbonyl (C=O) groups excluding carboxylic acids is 1. The van der Waals surface area contributed by atoms with Crippen molar-refractivity contribution >= 4 is 27.1 Å². The van der Waals surface area contributed by atoms with Gasteiger partial charge in [-0.05, 0) is 18.2 Å². The molecule has 1 amide bonds. The largest absolute Gasteiger partial charge is 0.399 e. The molecule has 2 rings (SSSR count). The van der Waals surface area contributed by atoms with E-state index in [1.54, 1.807) is 0 Å². The van der Waals surface area contributed by atoms with Gasteiger partial charge in [-0.1, -0.05) is 0 Å². The molecule has 0 bridgehead atoms. The fourth-order valence-corrected chi connectivity index (χ4v) is 2.18. The van der Waals surface area contributed by atoms with Crippen LogP contribution in [0.15, 0.2) is 35.5 Å². The average Bonchev–Trinajstić information content (AvgIpc) is 2.79. The van der Waals surface area contributed by atoms with Crippen LogP contribution in [0.2, 0.25) is 0 Å². The van der Waals surface area contributed by atoms with Gasteiger partial charge in [0.25, 0.3) is 5.91 Å². The highest BCUT2D eigenvalue weighted by Crippen LogP contribution is 2.18. The number of hydrogen-bond acceptors (Lipinski definition) is 5. The van der Waals surface area contributed by atoms with Crippen LogP contribution in [0.3, 0.4) is 0 Å². The highest BCUT2D eigenvalue weighted by molar-refractivity contribution is 7.90. The Balaban J connectivity index is 2.35. The minimum atomic E-state index is -3.42. The van der Waals surface area contributed by atoms with Gasteiger partial charge in [-0.3, -0.25) is 9.89 Å². The molecule has 8 heteroatoms. The molecule has 0 saturated carbocycles. The van der Waals surface area contributed by atoms with Gasteiger partial charge in [0.1, 0.15) is 0 Å². The van der Waals surface area contributed by atoms with Gasteiger partial charge in [0.15, 0.2) is 9.84 Å². The number of benzene rings is 1. The summed E-state index contributed by atoms with van der Waals surface area (Å²) in [7, 11) is -3.42. The molecule has 1 aromatic heterocycles. The molecule has 7 nitrogen and oxygen atoms in total. The summed E-state index contributed by atoms with van der Waals surface area (Å²) in [6, 6.07) is 4.00. The molecule has 0 atom stereocenters. The number of sulfone groups is 1. The lowest BCUT2D eigenvalue weighted by Crippen LogP contribution is -2.13. The number of nitrogens with one attached hydrogen (secondary N) is 2. The minimum Gasteiger partial charge on any atom is -0.399 e. The predicted molar refractivity (Wildman–Crippen MR) is 70.5 cm³/mol. The first kappa shape index (κ1) is 13.1. The number of aromatic amines is 1. The Morgan fingerprint density at radius 1 is 1.37 bits per heavy atom. The molecule has 19 heavy (non-hydrogen) atoms. The molecular formula is C11H12N4O3S. The SMILES string of the molecule is CS(=O)(=O)c1cc(N)cc(C(=O)Nc2cn[nH]c2)c1. The maximum atomic E-state index is 11.9. The van der Waals surface area contributed by atoms with E-state index in [0.717, 1.165) is 6.26 Å². The second-order valence-electron chi connectivity index (χ2n) is 4.00. The number of aromatic nitrogens is 2. The van der Waals surface area contributed by atoms with E-state index in [4.69, 9.17) is 5.73 Å². The van der Waals surface area contributed by atoms with E-state index in [9.17, 15) is 13.2 Å². The van der Waals surface area contributed by atoms with Crippen LogP contribution < -0.4 is 11.1 Å². The summed E-state index contributed by atoms with van der Waals surface area (Å²) in [6.45, 7) is 0. The summed E-state index contributed by atoms with van der Waals surface area (Å²) in [6.07, 6.45) is 3.99. The lowest BCUT2D eigenvalue weighted by atomic mass is 10.2. The summed E-state index contributed by atoms with van der Waals surface area (Å²) in [5.41, 5.74) is 6.46. The molecule has 0 fully saturated rings. The summed E-state index contributed by atoms with van der Waals surface area (Å²) in [5, 5.41) is 8.79. The van der Waals surface area contributed by atoms with Gasteiger partial charge >= 0.3 is 0 Å². The van der Waals surface area contributed by atoms with Crippen molar-refractivity contribution < 1.29 is 13.2 Å². The molecule has 0 saturated heterocycles. The fourth-order valence-electron chi connectivity index (χ4n) is 1.49. The Labute approximate surface area is 109 Å². The number of amides is 1. The van der Waals surface area contributed by atoms with Crippen molar-refractivity contribution in [3.05, 3.63) is 36.2 Å². The number of nitrogens with two attached hydrogens (primary N) is 1. The van der Waals surface area contributed by atoms with Crippen LogP contribution in [0.1, 0.15) is 10.4 Å². The highest BCUT2D eigenvalue weighted by Gasteiger charge is 2.13. The van der Waals surface area contributed by atoms with Gasteiger partial charge in [-0.25, -0.2) is 8.42 Å². The quantitative estimate of drug-likeness (QED) is 0.713. The number of carbonyl (C=O) groups is 1. The van der Waals surface area contributed by atoms with Gasteiger partial charge < -0.3 is 11.1 Å². The lowest BCUT2D eigenvalue weighted by Gasteiger charge is -2.06. The number of rotatable bonds is 3. The van der Waals surface area contributed by atoms with E-state index in [1.165, 1.54) is 30.6 Å². The zero-order valence-corrected chi connectivity index (χ0v) is 10.9. The average molecular weight is 280 g/mol. The van der Waals surface area contributed by atoms with E-state index >= 15 is 0 Å². The second-order valence-corrected chi connectivity index (χ2v) is 6.02. The summed E-state index contributed by atoms with van der Waals surface area (Å²) in [4.78, 5) is 11.9. The van der Waals surface area contributed by atoms with Gasteiger partial charge in [-0.15, -0.1) is 0 Å². The van der Waals surface area contributed by atoms with Crippen LogP contribution in [0.5, 0.6) is 0 Å². The third-order valence-electron chi connectivity index (χ3n) is 2.38. The van der Waals surface area contributed by atoms with Crippen LogP contribution in [-0.2, 0) is 9.84 Å². The first-order valence-electron chi connectivity index (χ1n) is 5.27. The molecule has 2 aromatic rings. The van der Waals surface area contributed by atoms with E-state index in [-0.39, 0.29) is 16.1 Å². The highest BCUT2D eigenvalue weighted by atomic mass is 32.2. The molecule has 0 radical (unpaired) electrons. The predicted octanol–water partition coefficient (Wildman–Crippen LogP) is 0.648. The molecule has 0 aliphatic rings. The molecule has 1 aromatic carbocycles. The Morgan fingerprint density at radius 3 is 2.68 bits per heavy atom. The first-order chi connectivity index (χ1) is 8.86. The Hall–Kier alpha value is -2.35. The van der Waals surface area contributed by atoms with Crippen molar-refractivity contribution in [3.63, 3.8) is 0 Å². The van der Waals surface area contributed by atoms with Crippen molar-refractivity contribution in [2.24, 2.45) is 0 Å². The van der Waals surface area contributed by atoms with Crippen molar-refractivity contribution in [2.75, 3.05) is 17.3 Å². The Bertz CT molecular complexity index is 708. The Morgan fingerprint density at radius 2 is 2.11 bits per heavy atom. The Kier molecular flexibility index (Phi) is 3.26. The van der Waals surface area contributed by atoms with Crippen LogP contribution in [0, 0.1) is 0 Å². The van der Waals surface area contributed by atoms with Crippen LogP contribution in [0.25, 0.3) is 0 Å². The summed E-state index contributed by atoms with van der Waals surface area (Å²) >= 11 is 0. The third kappa shape index (κ3) is 3.10. The normalized spacial score (nSPS) is 11.2. The van der Waals surface area contributed by atoms with Crippen molar-refractivity contribution in [2.45, 2.75) is 4.90 Å².